The quantitative estimate of drug-likeness (QED) is 0.548. The predicted octanol–water partition coefficient (Wildman–Crippen LogP) is 4.40. The van der Waals surface area contributed by atoms with Crippen molar-refractivity contribution in [3.63, 3.8) is 0 Å². The average Bonchev–Trinajstić information content (AvgIpc) is 3.46. The van der Waals surface area contributed by atoms with Gasteiger partial charge in [0.25, 0.3) is 0 Å². The minimum absolute atomic E-state index is 0.120. The summed E-state index contributed by atoms with van der Waals surface area (Å²) in [4.78, 5) is 24.8. The van der Waals surface area contributed by atoms with Crippen molar-refractivity contribution in [2.45, 2.75) is 23.4 Å². The van der Waals surface area contributed by atoms with E-state index in [1.807, 2.05) is 0 Å². The van der Waals surface area contributed by atoms with E-state index < -0.39 is 11.7 Å². The minimum Gasteiger partial charge on any atom is -0.273 e. The zero-order valence-corrected chi connectivity index (χ0v) is 16.0. The van der Waals surface area contributed by atoms with Crippen LogP contribution in [0.4, 0.5) is 13.2 Å². The summed E-state index contributed by atoms with van der Waals surface area (Å²) in [6, 6.07) is 11.8. The van der Waals surface area contributed by atoms with Crippen LogP contribution in [-0.4, -0.2) is 17.6 Å². The average molecular weight is 429 g/mol. The highest BCUT2D eigenvalue weighted by atomic mass is 35.5. The Kier molecular flexibility index (Phi) is 6.20. The van der Waals surface area contributed by atoms with Gasteiger partial charge >= 0.3 is 6.18 Å². The molecule has 148 valence electrons. The van der Waals surface area contributed by atoms with Crippen LogP contribution in [0.3, 0.4) is 0 Å². The normalized spacial score (nSPS) is 18.4. The zero-order valence-electron chi connectivity index (χ0n) is 14.4. The van der Waals surface area contributed by atoms with Crippen molar-refractivity contribution in [3.8, 4) is 0 Å². The third-order valence-electron chi connectivity index (χ3n) is 4.30. The summed E-state index contributed by atoms with van der Waals surface area (Å²) in [5, 5.41) is 0.605. The summed E-state index contributed by atoms with van der Waals surface area (Å²) < 4.78 is 37.8. The summed E-state index contributed by atoms with van der Waals surface area (Å²) in [6.07, 6.45) is -3.85. The number of alkyl halides is 3. The van der Waals surface area contributed by atoms with Crippen LogP contribution in [0.25, 0.3) is 0 Å². The number of rotatable bonds is 5. The molecule has 0 radical (unpaired) electrons. The van der Waals surface area contributed by atoms with Gasteiger partial charge in [0, 0.05) is 15.8 Å². The molecular weight excluding hydrogens is 413 g/mol. The Balaban J connectivity index is 1.42. The number of carbonyl (C=O) groups excluding carboxylic acids is 2. The van der Waals surface area contributed by atoms with E-state index in [0.29, 0.717) is 17.0 Å². The molecule has 0 saturated heterocycles. The number of amides is 2. The Morgan fingerprint density at radius 1 is 1.04 bits per heavy atom. The lowest BCUT2D eigenvalue weighted by Crippen LogP contribution is -2.43. The van der Waals surface area contributed by atoms with Gasteiger partial charge in [-0.15, -0.1) is 11.8 Å². The van der Waals surface area contributed by atoms with Crippen molar-refractivity contribution in [2.24, 2.45) is 5.92 Å². The zero-order chi connectivity index (χ0) is 20.3. The topological polar surface area (TPSA) is 58.2 Å². The number of benzene rings is 2. The highest BCUT2D eigenvalue weighted by Gasteiger charge is 2.44. The smallest absolute Gasteiger partial charge is 0.273 e. The molecular formula is C19H16ClF3N2O2S. The second kappa shape index (κ2) is 8.45. The standard InChI is InChI=1S/C19H16ClF3N2O2S/c20-13-5-7-14(8-6-13)28-10-17(26)24-25-18(27)16-9-15(16)11-1-3-12(4-2-11)19(21,22)23/h1-8,15-16H,9-10H2,(H,24,26)(H,25,27). The molecule has 1 aliphatic rings. The Hall–Kier alpha value is -2.19. The fourth-order valence-corrected chi connectivity index (χ4v) is 3.54. The van der Waals surface area contributed by atoms with E-state index in [9.17, 15) is 22.8 Å². The molecule has 0 aliphatic heterocycles. The van der Waals surface area contributed by atoms with E-state index in [-0.39, 0.29) is 29.4 Å². The third kappa shape index (κ3) is 5.42. The predicted molar refractivity (Wildman–Crippen MR) is 101 cm³/mol. The Morgan fingerprint density at radius 2 is 1.68 bits per heavy atom. The number of hydrazine groups is 1. The number of carbonyl (C=O) groups is 2. The first-order valence-electron chi connectivity index (χ1n) is 8.38. The van der Waals surface area contributed by atoms with E-state index in [1.54, 1.807) is 24.3 Å². The van der Waals surface area contributed by atoms with Crippen molar-refractivity contribution in [3.05, 3.63) is 64.7 Å². The molecule has 2 unspecified atom stereocenters. The molecule has 28 heavy (non-hydrogen) atoms. The first-order chi connectivity index (χ1) is 13.2. The molecule has 3 rings (SSSR count). The van der Waals surface area contributed by atoms with E-state index in [0.717, 1.165) is 17.0 Å². The van der Waals surface area contributed by atoms with Crippen LogP contribution >= 0.6 is 23.4 Å². The number of nitrogens with one attached hydrogen (secondary N) is 2. The Bertz CT molecular complexity index is 857. The first kappa shape index (κ1) is 20.5. The summed E-state index contributed by atoms with van der Waals surface area (Å²) in [5.41, 5.74) is 4.68. The lowest BCUT2D eigenvalue weighted by Gasteiger charge is -2.08. The Labute approximate surface area is 168 Å². The number of halogens is 4. The van der Waals surface area contributed by atoms with Crippen LogP contribution in [0.1, 0.15) is 23.5 Å². The third-order valence-corrected chi connectivity index (χ3v) is 5.57. The maximum Gasteiger partial charge on any atom is 0.416 e. The minimum atomic E-state index is -4.38. The molecule has 2 atom stereocenters. The van der Waals surface area contributed by atoms with Gasteiger partial charge in [0.05, 0.1) is 11.3 Å². The lowest BCUT2D eigenvalue weighted by atomic mass is 10.1. The van der Waals surface area contributed by atoms with Gasteiger partial charge in [0.15, 0.2) is 0 Å². The van der Waals surface area contributed by atoms with Crippen LogP contribution in [0.15, 0.2) is 53.4 Å². The van der Waals surface area contributed by atoms with Gasteiger partial charge in [-0.2, -0.15) is 13.2 Å². The fraction of sp³-hybridized carbons (Fsp3) is 0.263. The molecule has 2 N–H and O–H groups in total. The van der Waals surface area contributed by atoms with Crippen molar-refractivity contribution < 1.29 is 22.8 Å². The maximum atomic E-state index is 12.6. The van der Waals surface area contributed by atoms with Crippen molar-refractivity contribution in [1.82, 2.24) is 10.9 Å². The maximum absolute atomic E-state index is 12.6. The van der Waals surface area contributed by atoms with E-state index in [2.05, 4.69) is 10.9 Å². The lowest BCUT2D eigenvalue weighted by molar-refractivity contribution is -0.137. The molecule has 0 spiro atoms. The van der Waals surface area contributed by atoms with Gasteiger partial charge in [-0.3, -0.25) is 20.4 Å². The molecule has 2 aromatic rings. The molecule has 4 nitrogen and oxygen atoms in total. The van der Waals surface area contributed by atoms with E-state index >= 15 is 0 Å². The van der Waals surface area contributed by atoms with Crippen LogP contribution in [0.2, 0.25) is 5.02 Å². The highest BCUT2D eigenvalue weighted by Crippen LogP contribution is 2.47. The van der Waals surface area contributed by atoms with Gasteiger partial charge in [0.2, 0.25) is 11.8 Å². The van der Waals surface area contributed by atoms with E-state index in [1.165, 1.54) is 23.9 Å². The molecule has 1 saturated carbocycles. The second-order valence-electron chi connectivity index (χ2n) is 6.35. The van der Waals surface area contributed by atoms with Crippen molar-refractivity contribution >= 4 is 35.2 Å². The van der Waals surface area contributed by atoms with Gasteiger partial charge in [0.1, 0.15) is 0 Å². The van der Waals surface area contributed by atoms with Crippen molar-refractivity contribution in [1.29, 1.82) is 0 Å². The first-order valence-corrected chi connectivity index (χ1v) is 9.74. The van der Waals surface area contributed by atoms with Crippen LogP contribution in [0, 0.1) is 5.92 Å². The second-order valence-corrected chi connectivity index (χ2v) is 7.83. The van der Waals surface area contributed by atoms with Crippen LogP contribution in [-0.2, 0) is 15.8 Å². The summed E-state index contributed by atoms with van der Waals surface area (Å²) in [6.45, 7) is 0. The molecule has 2 amide bonds. The molecule has 0 heterocycles. The van der Waals surface area contributed by atoms with Crippen LogP contribution in [0.5, 0.6) is 0 Å². The molecule has 1 fully saturated rings. The number of hydrogen-bond acceptors (Lipinski definition) is 3. The summed E-state index contributed by atoms with van der Waals surface area (Å²) >= 11 is 7.09. The van der Waals surface area contributed by atoms with Gasteiger partial charge in [-0.1, -0.05) is 23.7 Å². The number of hydrogen-bond donors (Lipinski definition) is 2. The summed E-state index contributed by atoms with van der Waals surface area (Å²) in [7, 11) is 0. The highest BCUT2D eigenvalue weighted by molar-refractivity contribution is 8.00. The monoisotopic (exact) mass is 428 g/mol. The van der Waals surface area contributed by atoms with Crippen LogP contribution < -0.4 is 10.9 Å². The molecule has 2 aromatic carbocycles. The SMILES string of the molecule is O=C(CSc1ccc(Cl)cc1)NNC(=O)C1CC1c1ccc(C(F)(F)F)cc1. The number of thioether (sulfide) groups is 1. The summed E-state index contributed by atoms with van der Waals surface area (Å²) in [5.74, 6) is -1.09. The van der Waals surface area contributed by atoms with E-state index in [4.69, 9.17) is 11.6 Å². The van der Waals surface area contributed by atoms with Crippen molar-refractivity contribution in [2.75, 3.05) is 5.75 Å². The van der Waals surface area contributed by atoms with Gasteiger partial charge in [-0.25, -0.2) is 0 Å². The molecule has 0 bridgehead atoms. The molecule has 1 aliphatic carbocycles. The van der Waals surface area contributed by atoms with Gasteiger partial charge in [-0.05, 0) is 54.3 Å². The molecule has 9 heteroatoms. The Morgan fingerprint density at radius 3 is 2.29 bits per heavy atom. The fourth-order valence-electron chi connectivity index (χ4n) is 2.71. The largest absolute Gasteiger partial charge is 0.416 e. The van der Waals surface area contributed by atoms with Gasteiger partial charge < -0.3 is 0 Å². The molecule has 0 aromatic heterocycles.